The van der Waals surface area contributed by atoms with Crippen molar-refractivity contribution in [1.82, 2.24) is 14.7 Å². The van der Waals surface area contributed by atoms with Crippen molar-refractivity contribution < 1.29 is 14.3 Å². The van der Waals surface area contributed by atoms with Crippen LogP contribution in [0.4, 0.5) is 11.4 Å². The number of rotatable bonds is 7. The van der Waals surface area contributed by atoms with Gasteiger partial charge in [-0.2, -0.15) is 5.10 Å². The molecule has 9 heteroatoms. The molecule has 3 aromatic rings. The summed E-state index contributed by atoms with van der Waals surface area (Å²) in [6.07, 6.45) is 1.55. The van der Waals surface area contributed by atoms with E-state index < -0.39 is 0 Å². The van der Waals surface area contributed by atoms with Gasteiger partial charge >= 0.3 is 0 Å². The molecule has 0 bridgehead atoms. The maximum absolute atomic E-state index is 13.2. The van der Waals surface area contributed by atoms with E-state index in [9.17, 15) is 9.59 Å². The normalized spacial score (nSPS) is 13.7. The van der Waals surface area contributed by atoms with Gasteiger partial charge in [0.25, 0.3) is 5.91 Å². The molecule has 1 saturated heterocycles. The van der Waals surface area contributed by atoms with Gasteiger partial charge in [-0.25, -0.2) is 4.68 Å². The number of nitrogens with zero attached hydrogens (tertiary/aromatic N) is 4. The van der Waals surface area contributed by atoms with Gasteiger partial charge in [-0.1, -0.05) is 31.5 Å². The Kier molecular flexibility index (Phi) is 7.73. The molecule has 35 heavy (non-hydrogen) atoms. The van der Waals surface area contributed by atoms with Crippen LogP contribution in [0, 0.1) is 0 Å². The third kappa shape index (κ3) is 5.83. The molecule has 1 N–H and O–H groups in total. The van der Waals surface area contributed by atoms with Crippen LogP contribution < -0.4 is 10.2 Å². The number of carbonyl (C=O) groups excluding carboxylic acids is 2. The van der Waals surface area contributed by atoms with Crippen molar-refractivity contribution in [2.75, 3.05) is 50.1 Å². The Morgan fingerprint density at radius 2 is 1.83 bits per heavy atom. The van der Waals surface area contributed by atoms with Gasteiger partial charge in [0, 0.05) is 36.5 Å². The number of ether oxygens (including phenoxy) is 1. The predicted molar refractivity (Wildman–Crippen MR) is 138 cm³/mol. The first-order valence-corrected chi connectivity index (χ1v) is 12.0. The van der Waals surface area contributed by atoms with Crippen molar-refractivity contribution in [3.63, 3.8) is 0 Å². The van der Waals surface area contributed by atoms with E-state index in [2.05, 4.69) is 15.3 Å². The molecule has 4 rings (SSSR count). The highest BCUT2D eigenvalue weighted by Crippen LogP contribution is 2.25. The summed E-state index contributed by atoms with van der Waals surface area (Å²) in [7, 11) is 1.62. The standard InChI is InChI=1S/C26H30ClN5O3/c1-18(2)25-23(16-28-32(25)22-6-4-5-19(27)15-22)26(34)30(3)17-24(33)29-20-7-9-21(10-8-20)31-11-13-35-14-12-31/h4-10,15-16,18H,11-14,17H2,1-3H3,(H,29,33). The van der Waals surface area contributed by atoms with Gasteiger partial charge in [-0.05, 0) is 48.4 Å². The highest BCUT2D eigenvalue weighted by atomic mass is 35.5. The molecule has 1 aliphatic rings. The second-order valence-electron chi connectivity index (χ2n) is 8.85. The second kappa shape index (κ2) is 10.9. The minimum atomic E-state index is -0.270. The summed E-state index contributed by atoms with van der Waals surface area (Å²) < 4.78 is 7.12. The molecule has 2 heterocycles. The summed E-state index contributed by atoms with van der Waals surface area (Å²) in [5, 5.41) is 7.91. The van der Waals surface area contributed by atoms with Gasteiger partial charge in [-0.3, -0.25) is 9.59 Å². The zero-order valence-corrected chi connectivity index (χ0v) is 21.0. The Balaban J connectivity index is 1.42. The van der Waals surface area contributed by atoms with Crippen LogP contribution in [0.1, 0.15) is 35.8 Å². The van der Waals surface area contributed by atoms with E-state index in [1.54, 1.807) is 30.1 Å². The Bertz CT molecular complexity index is 1190. The van der Waals surface area contributed by atoms with Crippen LogP contribution in [-0.2, 0) is 9.53 Å². The molecule has 2 amide bonds. The Labute approximate surface area is 210 Å². The van der Waals surface area contributed by atoms with Crippen molar-refractivity contribution in [2.45, 2.75) is 19.8 Å². The summed E-state index contributed by atoms with van der Waals surface area (Å²) in [4.78, 5) is 29.6. The van der Waals surface area contributed by atoms with Gasteiger partial charge in [-0.15, -0.1) is 0 Å². The first-order valence-electron chi connectivity index (χ1n) is 11.7. The SMILES string of the molecule is CC(C)c1c(C(=O)N(C)CC(=O)Nc2ccc(N3CCOCC3)cc2)cnn1-c1cccc(Cl)c1. The number of halogens is 1. The van der Waals surface area contributed by atoms with Crippen LogP contribution in [0.25, 0.3) is 5.69 Å². The quantitative estimate of drug-likeness (QED) is 0.531. The molecule has 0 aliphatic carbocycles. The summed E-state index contributed by atoms with van der Waals surface area (Å²) in [6.45, 7) is 7.06. The molecule has 1 aromatic heterocycles. The molecule has 0 spiro atoms. The Morgan fingerprint density at radius 3 is 2.49 bits per heavy atom. The number of aromatic nitrogens is 2. The molecule has 184 valence electrons. The molecule has 0 saturated carbocycles. The topological polar surface area (TPSA) is 79.7 Å². The van der Waals surface area contributed by atoms with E-state index in [0.717, 1.165) is 43.4 Å². The summed E-state index contributed by atoms with van der Waals surface area (Å²) in [5.41, 5.74) is 3.79. The van der Waals surface area contributed by atoms with Gasteiger partial charge in [0.1, 0.15) is 0 Å². The minimum absolute atomic E-state index is 0.0302. The number of likely N-dealkylation sites (N-methyl/N-ethyl adjacent to an activating group) is 1. The largest absolute Gasteiger partial charge is 0.378 e. The first kappa shape index (κ1) is 24.8. The van der Waals surface area contributed by atoms with Crippen molar-refractivity contribution in [3.8, 4) is 5.69 Å². The van der Waals surface area contributed by atoms with Gasteiger partial charge < -0.3 is 19.9 Å². The zero-order valence-electron chi connectivity index (χ0n) is 20.2. The molecule has 0 atom stereocenters. The van der Waals surface area contributed by atoms with E-state index in [1.807, 2.05) is 50.2 Å². The number of morpholine rings is 1. The van der Waals surface area contributed by atoms with E-state index in [0.29, 0.717) is 16.3 Å². The summed E-state index contributed by atoms with van der Waals surface area (Å²) in [6, 6.07) is 15.0. The highest BCUT2D eigenvalue weighted by Gasteiger charge is 2.24. The number of benzene rings is 2. The molecule has 8 nitrogen and oxygen atoms in total. The average molecular weight is 496 g/mol. The van der Waals surface area contributed by atoms with Crippen LogP contribution in [0.3, 0.4) is 0 Å². The fourth-order valence-electron chi connectivity index (χ4n) is 4.16. The van der Waals surface area contributed by atoms with E-state index in [-0.39, 0.29) is 24.3 Å². The molecular weight excluding hydrogens is 466 g/mol. The van der Waals surface area contributed by atoms with Gasteiger partial charge in [0.05, 0.1) is 42.9 Å². The van der Waals surface area contributed by atoms with Crippen molar-refractivity contribution in [1.29, 1.82) is 0 Å². The maximum atomic E-state index is 13.2. The Hall–Kier alpha value is -3.36. The van der Waals surface area contributed by atoms with E-state index in [4.69, 9.17) is 16.3 Å². The molecule has 1 fully saturated rings. The fourth-order valence-corrected chi connectivity index (χ4v) is 4.35. The van der Waals surface area contributed by atoms with Crippen LogP contribution >= 0.6 is 11.6 Å². The third-order valence-corrected chi connectivity index (χ3v) is 6.13. The molecular formula is C26H30ClN5O3. The van der Waals surface area contributed by atoms with Gasteiger partial charge in [0.15, 0.2) is 0 Å². The van der Waals surface area contributed by atoms with Crippen molar-refractivity contribution in [3.05, 3.63) is 71.0 Å². The monoisotopic (exact) mass is 495 g/mol. The van der Waals surface area contributed by atoms with Crippen molar-refractivity contribution in [2.24, 2.45) is 0 Å². The third-order valence-electron chi connectivity index (χ3n) is 5.89. The highest BCUT2D eigenvalue weighted by molar-refractivity contribution is 6.30. The van der Waals surface area contributed by atoms with Gasteiger partial charge in [0.2, 0.25) is 5.91 Å². The van der Waals surface area contributed by atoms with Crippen LogP contribution in [0.5, 0.6) is 0 Å². The molecule has 0 unspecified atom stereocenters. The van der Waals surface area contributed by atoms with Crippen LogP contribution in [0.15, 0.2) is 54.7 Å². The molecule has 1 aliphatic heterocycles. The predicted octanol–water partition coefficient (Wildman–Crippen LogP) is 4.20. The van der Waals surface area contributed by atoms with E-state index >= 15 is 0 Å². The summed E-state index contributed by atoms with van der Waals surface area (Å²) in [5.74, 6) is -0.504. The van der Waals surface area contributed by atoms with Crippen LogP contribution in [0.2, 0.25) is 5.02 Å². The first-order chi connectivity index (χ1) is 16.8. The Morgan fingerprint density at radius 1 is 1.11 bits per heavy atom. The fraction of sp³-hybridized carbons (Fsp3) is 0.346. The number of hydrogen-bond donors (Lipinski definition) is 1. The number of nitrogens with one attached hydrogen (secondary N) is 1. The smallest absolute Gasteiger partial charge is 0.257 e. The number of hydrogen-bond acceptors (Lipinski definition) is 5. The van der Waals surface area contributed by atoms with Crippen LogP contribution in [-0.4, -0.2) is 66.4 Å². The minimum Gasteiger partial charge on any atom is -0.378 e. The molecule has 0 radical (unpaired) electrons. The molecule has 2 aromatic carbocycles. The lowest BCUT2D eigenvalue weighted by Crippen LogP contribution is -2.36. The number of anilines is 2. The zero-order chi connectivity index (χ0) is 24.9. The lowest BCUT2D eigenvalue weighted by Gasteiger charge is -2.28. The number of carbonyl (C=O) groups is 2. The average Bonchev–Trinajstić information content (AvgIpc) is 3.30. The number of amides is 2. The summed E-state index contributed by atoms with van der Waals surface area (Å²) >= 11 is 6.15. The maximum Gasteiger partial charge on any atom is 0.257 e. The lowest BCUT2D eigenvalue weighted by atomic mass is 10.0. The van der Waals surface area contributed by atoms with Crippen molar-refractivity contribution >= 4 is 34.8 Å². The van der Waals surface area contributed by atoms with E-state index in [1.165, 1.54) is 4.90 Å². The lowest BCUT2D eigenvalue weighted by molar-refractivity contribution is -0.116. The second-order valence-corrected chi connectivity index (χ2v) is 9.28.